The summed E-state index contributed by atoms with van der Waals surface area (Å²) in [5.41, 5.74) is 2.30. The number of hydrogen-bond donors (Lipinski definition) is 0. The Labute approximate surface area is 161 Å². The van der Waals surface area contributed by atoms with Gasteiger partial charge >= 0.3 is 0 Å². The number of ether oxygens (including phenoxy) is 1. The Hall–Kier alpha value is -1.73. The molecular weight excluding hydrogens is 360 g/mol. The molecule has 27 heavy (non-hydrogen) atoms. The number of nitrogens with zero attached hydrogens (tertiary/aromatic N) is 2. The maximum Gasteiger partial charge on any atom is 0.243 e. The molecule has 0 amide bonds. The minimum atomic E-state index is -3.50. The van der Waals surface area contributed by atoms with E-state index in [0.717, 1.165) is 12.1 Å². The molecule has 2 aliphatic rings. The van der Waals surface area contributed by atoms with Crippen LogP contribution in [0.15, 0.2) is 59.5 Å². The van der Waals surface area contributed by atoms with Crippen molar-refractivity contribution in [1.29, 1.82) is 0 Å². The van der Waals surface area contributed by atoms with Crippen LogP contribution in [0.2, 0.25) is 0 Å². The van der Waals surface area contributed by atoms with Gasteiger partial charge in [0.15, 0.2) is 0 Å². The second-order valence-corrected chi connectivity index (χ2v) is 9.37. The normalized spacial score (nSPS) is 25.3. The molecule has 6 heteroatoms. The molecule has 4 rings (SSSR count). The third-order valence-corrected chi connectivity index (χ3v) is 7.59. The van der Waals surface area contributed by atoms with Crippen LogP contribution in [0.5, 0.6) is 0 Å². The van der Waals surface area contributed by atoms with Gasteiger partial charge in [0.25, 0.3) is 0 Å². The summed E-state index contributed by atoms with van der Waals surface area (Å²) >= 11 is 0. The molecule has 2 aromatic carbocycles. The fraction of sp³-hybridized carbons (Fsp3) is 0.429. The van der Waals surface area contributed by atoms with Crippen LogP contribution in [0.25, 0.3) is 0 Å². The highest BCUT2D eigenvalue weighted by Crippen LogP contribution is 2.33. The van der Waals surface area contributed by atoms with Crippen LogP contribution in [0.4, 0.5) is 0 Å². The highest BCUT2D eigenvalue weighted by molar-refractivity contribution is 7.89. The van der Waals surface area contributed by atoms with E-state index < -0.39 is 10.0 Å². The Morgan fingerprint density at radius 1 is 1.04 bits per heavy atom. The first kappa shape index (κ1) is 18.6. The van der Waals surface area contributed by atoms with E-state index in [0.29, 0.717) is 24.6 Å². The van der Waals surface area contributed by atoms with Gasteiger partial charge in [0.05, 0.1) is 23.6 Å². The van der Waals surface area contributed by atoms with Crippen LogP contribution >= 0.6 is 0 Å². The lowest BCUT2D eigenvalue weighted by molar-refractivity contribution is -0.0614. The molecule has 0 saturated carbocycles. The Morgan fingerprint density at radius 2 is 1.74 bits per heavy atom. The van der Waals surface area contributed by atoms with Crippen molar-refractivity contribution in [2.24, 2.45) is 0 Å². The van der Waals surface area contributed by atoms with Gasteiger partial charge in [-0.15, -0.1) is 0 Å². The second-order valence-electron chi connectivity index (χ2n) is 7.44. The van der Waals surface area contributed by atoms with Gasteiger partial charge < -0.3 is 4.74 Å². The first-order chi connectivity index (χ1) is 13.0. The fourth-order valence-corrected chi connectivity index (χ4v) is 5.61. The second kappa shape index (κ2) is 7.36. The zero-order valence-corrected chi connectivity index (χ0v) is 16.6. The summed E-state index contributed by atoms with van der Waals surface area (Å²) in [4.78, 5) is 2.75. The van der Waals surface area contributed by atoms with Gasteiger partial charge in [-0.1, -0.05) is 48.0 Å². The lowest BCUT2D eigenvalue weighted by atomic mass is 10.0. The number of hydrogen-bond acceptors (Lipinski definition) is 4. The standard InChI is InChI=1S/C21H26N2O3S/c1-16-8-10-19(11-9-16)27(24,25)22-14-20-21(15-22)26-13-12-23(20)17(2)18-6-4-3-5-7-18/h3-11,17,20-21H,12-15H2,1-2H3. The van der Waals surface area contributed by atoms with Crippen molar-refractivity contribution in [3.8, 4) is 0 Å². The minimum absolute atomic E-state index is 0.0779. The molecule has 2 saturated heterocycles. The molecular formula is C21H26N2O3S. The molecule has 2 heterocycles. The molecule has 2 aliphatic heterocycles. The van der Waals surface area contributed by atoms with Gasteiger partial charge in [-0.25, -0.2) is 8.42 Å². The molecule has 0 spiro atoms. The number of benzene rings is 2. The van der Waals surface area contributed by atoms with E-state index in [2.05, 4.69) is 24.0 Å². The van der Waals surface area contributed by atoms with Crippen molar-refractivity contribution in [2.45, 2.75) is 36.9 Å². The summed E-state index contributed by atoms with van der Waals surface area (Å²) in [6, 6.07) is 17.7. The number of aryl methyl sites for hydroxylation is 1. The van der Waals surface area contributed by atoms with Gasteiger partial charge in [-0.3, -0.25) is 4.90 Å². The number of morpholine rings is 1. The summed E-state index contributed by atoms with van der Waals surface area (Å²) in [5, 5.41) is 0. The van der Waals surface area contributed by atoms with Crippen LogP contribution in [0, 0.1) is 6.92 Å². The zero-order valence-electron chi connectivity index (χ0n) is 15.8. The quantitative estimate of drug-likeness (QED) is 0.811. The lowest BCUT2D eigenvalue weighted by Crippen LogP contribution is -2.51. The summed E-state index contributed by atoms with van der Waals surface area (Å²) < 4.78 is 33.7. The van der Waals surface area contributed by atoms with Crippen LogP contribution < -0.4 is 0 Å². The maximum atomic E-state index is 13.1. The largest absolute Gasteiger partial charge is 0.374 e. The number of rotatable bonds is 4. The summed E-state index contributed by atoms with van der Waals surface area (Å²) in [7, 11) is -3.50. The van der Waals surface area contributed by atoms with Crippen molar-refractivity contribution in [3.05, 3.63) is 65.7 Å². The third kappa shape index (κ3) is 3.55. The smallest absolute Gasteiger partial charge is 0.243 e. The monoisotopic (exact) mass is 386 g/mol. The molecule has 3 atom stereocenters. The predicted molar refractivity (Wildman–Crippen MR) is 105 cm³/mol. The topological polar surface area (TPSA) is 49.9 Å². The summed E-state index contributed by atoms with van der Waals surface area (Å²) in [5.74, 6) is 0. The number of sulfonamides is 1. The van der Waals surface area contributed by atoms with Crippen LogP contribution in [-0.2, 0) is 14.8 Å². The van der Waals surface area contributed by atoms with Crippen molar-refractivity contribution >= 4 is 10.0 Å². The maximum absolute atomic E-state index is 13.1. The molecule has 5 nitrogen and oxygen atoms in total. The lowest BCUT2D eigenvalue weighted by Gasteiger charge is -2.40. The molecule has 3 unspecified atom stereocenters. The van der Waals surface area contributed by atoms with E-state index in [1.54, 1.807) is 16.4 Å². The first-order valence-corrected chi connectivity index (χ1v) is 10.9. The highest BCUT2D eigenvalue weighted by Gasteiger charge is 2.45. The zero-order chi connectivity index (χ0) is 19.0. The van der Waals surface area contributed by atoms with E-state index >= 15 is 0 Å². The van der Waals surface area contributed by atoms with Crippen LogP contribution in [-0.4, -0.2) is 56.0 Å². The molecule has 0 aromatic heterocycles. The SMILES string of the molecule is Cc1ccc(S(=O)(=O)N2CC3OCCN(C(C)c4ccccc4)C3C2)cc1. The van der Waals surface area contributed by atoms with Crippen molar-refractivity contribution in [1.82, 2.24) is 9.21 Å². The Kier molecular flexibility index (Phi) is 5.07. The van der Waals surface area contributed by atoms with E-state index in [1.807, 2.05) is 37.3 Å². The molecule has 0 aliphatic carbocycles. The third-order valence-electron chi connectivity index (χ3n) is 5.75. The molecule has 144 valence electrons. The van der Waals surface area contributed by atoms with Crippen LogP contribution in [0.1, 0.15) is 24.1 Å². The Bertz CT molecular complexity index is 883. The van der Waals surface area contributed by atoms with E-state index in [4.69, 9.17) is 4.74 Å². The molecule has 0 bridgehead atoms. The van der Waals surface area contributed by atoms with Gasteiger partial charge in [0.1, 0.15) is 0 Å². The average molecular weight is 387 g/mol. The first-order valence-electron chi connectivity index (χ1n) is 9.46. The summed E-state index contributed by atoms with van der Waals surface area (Å²) in [6.07, 6.45) is -0.0786. The van der Waals surface area contributed by atoms with Crippen LogP contribution in [0.3, 0.4) is 0 Å². The van der Waals surface area contributed by atoms with Gasteiger partial charge in [-0.05, 0) is 31.5 Å². The van der Waals surface area contributed by atoms with E-state index in [-0.39, 0.29) is 18.2 Å². The van der Waals surface area contributed by atoms with Gasteiger partial charge in [0, 0.05) is 25.7 Å². The molecule has 0 N–H and O–H groups in total. The Balaban J connectivity index is 1.56. The van der Waals surface area contributed by atoms with Crippen molar-refractivity contribution in [3.63, 3.8) is 0 Å². The van der Waals surface area contributed by atoms with Gasteiger partial charge in [0.2, 0.25) is 10.0 Å². The number of fused-ring (bicyclic) bond motifs is 1. The predicted octanol–water partition coefficient (Wildman–Crippen LogP) is 2.83. The highest BCUT2D eigenvalue weighted by atomic mass is 32.2. The van der Waals surface area contributed by atoms with E-state index in [1.165, 1.54) is 5.56 Å². The molecule has 2 aromatic rings. The molecule has 0 radical (unpaired) electrons. The summed E-state index contributed by atoms with van der Waals surface area (Å²) in [6.45, 7) is 6.48. The van der Waals surface area contributed by atoms with Crippen molar-refractivity contribution < 1.29 is 13.2 Å². The van der Waals surface area contributed by atoms with Gasteiger partial charge in [-0.2, -0.15) is 4.31 Å². The average Bonchev–Trinajstić information content (AvgIpc) is 3.14. The minimum Gasteiger partial charge on any atom is -0.374 e. The Morgan fingerprint density at radius 3 is 2.44 bits per heavy atom. The fourth-order valence-electron chi connectivity index (χ4n) is 4.14. The molecule has 2 fully saturated rings. The van der Waals surface area contributed by atoms with Crippen molar-refractivity contribution in [2.75, 3.05) is 26.2 Å². The van der Waals surface area contributed by atoms with E-state index in [9.17, 15) is 8.42 Å².